The Kier molecular flexibility index (Phi) is 4.55. The van der Waals surface area contributed by atoms with Gasteiger partial charge in [-0.1, -0.05) is 12.1 Å². The molecule has 1 aromatic carbocycles. The third-order valence-corrected chi connectivity index (χ3v) is 2.63. The molecule has 1 amide bonds. The van der Waals surface area contributed by atoms with Gasteiger partial charge in [0.2, 0.25) is 5.91 Å². The topological polar surface area (TPSA) is 67.0 Å². The summed E-state index contributed by atoms with van der Waals surface area (Å²) in [5.41, 5.74) is 1.85. The molecule has 0 aliphatic rings. The number of rotatable bonds is 6. The molecule has 1 heterocycles. The van der Waals surface area contributed by atoms with Crippen LogP contribution in [-0.2, 0) is 17.8 Å². The summed E-state index contributed by atoms with van der Waals surface area (Å²) in [6, 6.07) is 9.39. The van der Waals surface area contributed by atoms with E-state index in [4.69, 9.17) is 4.74 Å². The maximum atomic E-state index is 11.7. The van der Waals surface area contributed by atoms with Crippen molar-refractivity contribution in [3.05, 3.63) is 47.8 Å². The number of amides is 1. The van der Waals surface area contributed by atoms with Crippen molar-refractivity contribution in [1.29, 1.82) is 0 Å². The van der Waals surface area contributed by atoms with E-state index in [1.807, 2.05) is 37.3 Å². The van der Waals surface area contributed by atoms with Crippen LogP contribution in [0.2, 0.25) is 0 Å². The van der Waals surface area contributed by atoms with Crippen LogP contribution in [0.4, 0.5) is 0 Å². The Bertz CT molecular complexity index is 506. The first-order chi connectivity index (χ1) is 9.28. The van der Waals surface area contributed by atoms with Crippen molar-refractivity contribution in [2.75, 3.05) is 6.61 Å². The number of hydrogen-bond donors (Lipinski definition) is 2. The third-order valence-electron chi connectivity index (χ3n) is 2.63. The quantitative estimate of drug-likeness (QED) is 0.829. The van der Waals surface area contributed by atoms with Gasteiger partial charge in [0.1, 0.15) is 5.75 Å². The fourth-order valence-electron chi connectivity index (χ4n) is 1.70. The summed E-state index contributed by atoms with van der Waals surface area (Å²) < 4.78 is 5.35. The summed E-state index contributed by atoms with van der Waals surface area (Å²) in [4.78, 5) is 11.7. The minimum Gasteiger partial charge on any atom is -0.494 e. The van der Waals surface area contributed by atoms with Gasteiger partial charge < -0.3 is 10.1 Å². The highest BCUT2D eigenvalue weighted by molar-refractivity contribution is 5.78. The van der Waals surface area contributed by atoms with Crippen LogP contribution in [0.5, 0.6) is 5.75 Å². The number of H-pyrrole nitrogens is 1. The zero-order valence-corrected chi connectivity index (χ0v) is 10.8. The highest BCUT2D eigenvalue weighted by Gasteiger charge is 2.04. The Morgan fingerprint density at radius 2 is 2.11 bits per heavy atom. The van der Waals surface area contributed by atoms with E-state index in [1.165, 1.54) is 0 Å². The lowest BCUT2D eigenvalue weighted by Gasteiger charge is -2.06. The highest BCUT2D eigenvalue weighted by Crippen LogP contribution is 2.12. The zero-order chi connectivity index (χ0) is 13.5. The van der Waals surface area contributed by atoms with Crippen LogP contribution in [0.15, 0.2) is 36.5 Å². The minimum absolute atomic E-state index is 0.0150. The average molecular weight is 259 g/mol. The van der Waals surface area contributed by atoms with Crippen LogP contribution in [0.3, 0.4) is 0 Å². The van der Waals surface area contributed by atoms with Crippen LogP contribution in [0, 0.1) is 0 Å². The van der Waals surface area contributed by atoms with Gasteiger partial charge in [-0.05, 0) is 30.7 Å². The van der Waals surface area contributed by atoms with Crippen molar-refractivity contribution in [2.45, 2.75) is 19.9 Å². The first-order valence-corrected chi connectivity index (χ1v) is 6.24. The molecule has 0 aliphatic heterocycles. The van der Waals surface area contributed by atoms with E-state index < -0.39 is 0 Å². The van der Waals surface area contributed by atoms with Crippen LogP contribution < -0.4 is 10.1 Å². The maximum absolute atomic E-state index is 11.7. The largest absolute Gasteiger partial charge is 0.494 e. The molecule has 0 atom stereocenters. The van der Waals surface area contributed by atoms with Gasteiger partial charge in [-0.3, -0.25) is 9.89 Å². The molecule has 5 nitrogen and oxygen atoms in total. The van der Waals surface area contributed by atoms with Gasteiger partial charge in [0.05, 0.1) is 25.3 Å². The number of aromatic amines is 1. The lowest BCUT2D eigenvalue weighted by Crippen LogP contribution is -2.24. The second-order valence-electron chi connectivity index (χ2n) is 4.11. The lowest BCUT2D eigenvalue weighted by atomic mass is 10.1. The summed E-state index contributed by atoms with van der Waals surface area (Å²) >= 11 is 0. The molecule has 2 rings (SSSR count). The number of nitrogens with one attached hydrogen (secondary N) is 2. The second kappa shape index (κ2) is 6.58. The first-order valence-electron chi connectivity index (χ1n) is 6.24. The molecule has 0 spiro atoms. The number of hydrogen-bond acceptors (Lipinski definition) is 3. The van der Waals surface area contributed by atoms with Gasteiger partial charge in [0.15, 0.2) is 0 Å². The van der Waals surface area contributed by atoms with Crippen molar-refractivity contribution >= 4 is 5.91 Å². The van der Waals surface area contributed by atoms with Crippen LogP contribution in [0.1, 0.15) is 18.2 Å². The Hall–Kier alpha value is -2.30. The van der Waals surface area contributed by atoms with E-state index in [0.29, 0.717) is 19.6 Å². The molecule has 100 valence electrons. The highest BCUT2D eigenvalue weighted by atomic mass is 16.5. The third kappa shape index (κ3) is 4.13. The Morgan fingerprint density at radius 3 is 2.74 bits per heavy atom. The van der Waals surface area contributed by atoms with E-state index in [0.717, 1.165) is 17.0 Å². The number of carbonyl (C=O) groups is 1. The van der Waals surface area contributed by atoms with Crippen molar-refractivity contribution < 1.29 is 9.53 Å². The van der Waals surface area contributed by atoms with Crippen LogP contribution in [0.25, 0.3) is 0 Å². The monoisotopic (exact) mass is 259 g/mol. The van der Waals surface area contributed by atoms with E-state index in [2.05, 4.69) is 15.5 Å². The molecule has 0 unspecified atom stereocenters. The number of nitrogens with zero attached hydrogens (tertiary/aromatic N) is 1. The predicted octanol–water partition coefficient (Wildman–Crippen LogP) is 1.67. The molecule has 1 aromatic heterocycles. The standard InChI is InChI=1S/C14H17N3O2/c1-2-19-13-5-3-11(4-6-13)9-14(18)15-10-12-7-8-16-17-12/h3-8H,2,9-10H2,1H3,(H,15,18)(H,16,17). The number of carbonyl (C=O) groups excluding carboxylic acids is 1. The molecule has 0 saturated carbocycles. The second-order valence-corrected chi connectivity index (χ2v) is 4.11. The van der Waals surface area contributed by atoms with Gasteiger partial charge in [-0.15, -0.1) is 0 Å². The van der Waals surface area contributed by atoms with Gasteiger partial charge in [-0.25, -0.2) is 0 Å². The van der Waals surface area contributed by atoms with Crippen molar-refractivity contribution in [3.8, 4) is 5.75 Å². The SMILES string of the molecule is CCOc1ccc(CC(=O)NCc2ccn[nH]2)cc1. The molecule has 5 heteroatoms. The zero-order valence-electron chi connectivity index (χ0n) is 10.8. The summed E-state index contributed by atoms with van der Waals surface area (Å²) in [5.74, 6) is 0.808. The molecule has 0 radical (unpaired) electrons. The number of benzene rings is 1. The van der Waals surface area contributed by atoms with Gasteiger partial charge >= 0.3 is 0 Å². The molecule has 0 fully saturated rings. The molecule has 0 aliphatic carbocycles. The molecular formula is C14H17N3O2. The Balaban J connectivity index is 1.81. The van der Waals surface area contributed by atoms with E-state index in [-0.39, 0.29) is 5.91 Å². The van der Waals surface area contributed by atoms with E-state index in [1.54, 1.807) is 6.20 Å². The fraction of sp³-hybridized carbons (Fsp3) is 0.286. The molecule has 19 heavy (non-hydrogen) atoms. The van der Waals surface area contributed by atoms with Gasteiger partial charge in [0, 0.05) is 6.20 Å². The number of aromatic nitrogens is 2. The smallest absolute Gasteiger partial charge is 0.224 e. The molecule has 2 aromatic rings. The first kappa shape index (κ1) is 13.1. The van der Waals surface area contributed by atoms with Crippen LogP contribution in [-0.4, -0.2) is 22.7 Å². The maximum Gasteiger partial charge on any atom is 0.224 e. The average Bonchev–Trinajstić information content (AvgIpc) is 2.92. The summed E-state index contributed by atoms with van der Waals surface area (Å²) in [5, 5.41) is 9.45. The minimum atomic E-state index is -0.0150. The molecular weight excluding hydrogens is 242 g/mol. The normalized spacial score (nSPS) is 10.2. The Labute approximate surface area is 112 Å². The van der Waals surface area contributed by atoms with Gasteiger partial charge in [-0.2, -0.15) is 5.10 Å². The summed E-state index contributed by atoms with van der Waals surface area (Å²) in [6.07, 6.45) is 2.02. The van der Waals surface area contributed by atoms with Crippen LogP contribution >= 0.6 is 0 Å². The predicted molar refractivity (Wildman–Crippen MR) is 71.7 cm³/mol. The summed E-state index contributed by atoms with van der Waals surface area (Å²) in [6.45, 7) is 3.05. The Morgan fingerprint density at radius 1 is 1.32 bits per heavy atom. The van der Waals surface area contributed by atoms with Crippen molar-refractivity contribution in [3.63, 3.8) is 0 Å². The fourth-order valence-corrected chi connectivity index (χ4v) is 1.70. The van der Waals surface area contributed by atoms with E-state index in [9.17, 15) is 4.79 Å². The number of ether oxygens (including phenoxy) is 1. The molecule has 0 saturated heterocycles. The van der Waals surface area contributed by atoms with E-state index >= 15 is 0 Å². The molecule has 2 N–H and O–H groups in total. The lowest BCUT2D eigenvalue weighted by molar-refractivity contribution is -0.120. The van der Waals surface area contributed by atoms with Gasteiger partial charge in [0.25, 0.3) is 0 Å². The van der Waals surface area contributed by atoms with Crippen molar-refractivity contribution in [1.82, 2.24) is 15.5 Å². The molecule has 0 bridgehead atoms. The summed E-state index contributed by atoms with van der Waals surface area (Å²) in [7, 11) is 0. The van der Waals surface area contributed by atoms with Crippen molar-refractivity contribution in [2.24, 2.45) is 0 Å².